The van der Waals surface area contributed by atoms with Crippen LogP contribution in [0.2, 0.25) is 0 Å². The van der Waals surface area contributed by atoms with E-state index in [0.29, 0.717) is 6.42 Å². The molecular weight excluding hydrogens is 320 g/mol. The molecule has 4 nitrogen and oxygen atoms in total. The first-order valence-electron chi connectivity index (χ1n) is 7.62. The van der Waals surface area contributed by atoms with Crippen LogP contribution in [-0.4, -0.2) is 18.0 Å². The number of hydrogen-bond donors (Lipinski definition) is 1. The Balaban J connectivity index is 1.89. The second-order valence-corrected chi connectivity index (χ2v) is 6.09. The summed E-state index contributed by atoms with van der Waals surface area (Å²) >= 11 is 1.59. The number of para-hydroxylation sites is 1. The van der Waals surface area contributed by atoms with Crippen LogP contribution in [0.5, 0.6) is 5.75 Å². The second kappa shape index (κ2) is 7.75. The number of carbonyl (C=O) groups excluding carboxylic acids is 1. The summed E-state index contributed by atoms with van der Waals surface area (Å²) < 4.78 is 5.46. The van der Waals surface area contributed by atoms with Gasteiger partial charge in [0.1, 0.15) is 5.75 Å². The van der Waals surface area contributed by atoms with Crippen LogP contribution in [0.1, 0.15) is 22.9 Å². The smallest absolute Gasteiger partial charge is 0.225 e. The summed E-state index contributed by atoms with van der Waals surface area (Å²) in [5.41, 5.74) is 2.68. The normalized spacial score (nSPS) is 11.7. The molecule has 5 heteroatoms. The van der Waals surface area contributed by atoms with E-state index in [2.05, 4.69) is 10.3 Å². The summed E-state index contributed by atoms with van der Waals surface area (Å²) in [6, 6.07) is 15.0. The Morgan fingerprint density at radius 3 is 2.75 bits per heavy atom. The van der Waals surface area contributed by atoms with E-state index in [1.165, 1.54) is 0 Å². The lowest BCUT2D eigenvalue weighted by Gasteiger charge is -2.21. The molecule has 3 rings (SSSR count). The van der Waals surface area contributed by atoms with Crippen molar-refractivity contribution >= 4 is 17.2 Å². The predicted octanol–water partition coefficient (Wildman–Crippen LogP) is 3.60. The Morgan fingerprint density at radius 2 is 2.04 bits per heavy atom. The molecule has 1 amide bonds. The van der Waals surface area contributed by atoms with Gasteiger partial charge in [0.05, 0.1) is 25.3 Å². The molecule has 1 aromatic carbocycles. The molecular formula is C19H18N2O2S. The van der Waals surface area contributed by atoms with Crippen molar-refractivity contribution in [2.75, 3.05) is 7.11 Å². The van der Waals surface area contributed by atoms with Gasteiger partial charge in [0.15, 0.2) is 0 Å². The summed E-state index contributed by atoms with van der Waals surface area (Å²) in [5, 5.41) is 7.04. The summed E-state index contributed by atoms with van der Waals surface area (Å²) in [7, 11) is 1.63. The molecule has 0 bridgehead atoms. The lowest BCUT2D eigenvalue weighted by atomic mass is 10.0. The minimum atomic E-state index is -0.353. The minimum Gasteiger partial charge on any atom is -0.496 e. The number of aromatic nitrogens is 1. The highest BCUT2D eigenvalue weighted by atomic mass is 32.1. The van der Waals surface area contributed by atoms with Gasteiger partial charge in [0, 0.05) is 11.8 Å². The van der Waals surface area contributed by atoms with E-state index in [1.54, 1.807) is 24.6 Å². The van der Waals surface area contributed by atoms with E-state index in [-0.39, 0.29) is 11.9 Å². The van der Waals surface area contributed by atoms with Gasteiger partial charge in [-0.1, -0.05) is 24.3 Å². The van der Waals surface area contributed by atoms with Gasteiger partial charge >= 0.3 is 0 Å². The van der Waals surface area contributed by atoms with Gasteiger partial charge in [-0.05, 0) is 40.6 Å². The van der Waals surface area contributed by atoms with Crippen LogP contribution in [-0.2, 0) is 11.2 Å². The maximum Gasteiger partial charge on any atom is 0.225 e. The number of methoxy groups -OCH3 is 1. The highest BCUT2D eigenvalue weighted by Gasteiger charge is 2.21. The molecule has 122 valence electrons. The van der Waals surface area contributed by atoms with Gasteiger partial charge in [-0.15, -0.1) is 0 Å². The lowest BCUT2D eigenvalue weighted by molar-refractivity contribution is -0.120. The fourth-order valence-corrected chi connectivity index (χ4v) is 3.22. The third-order valence-electron chi connectivity index (χ3n) is 3.68. The third-order valence-corrected chi connectivity index (χ3v) is 4.42. The Kier molecular flexibility index (Phi) is 5.23. The summed E-state index contributed by atoms with van der Waals surface area (Å²) in [6.07, 6.45) is 2.07. The van der Waals surface area contributed by atoms with Crippen molar-refractivity contribution in [3.63, 3.8) is 0 Å². The number of carbonyl (C=O) groups is 1. The Bertz CT molecular complexity index is 788. The molecule has 2 heterocycles. The fraction of sp³-hybridized carbons (Fsp3) is 0.158. The largest absolute Gasteiger partial charge is 0.496 e. The highest BCUT2D eigenvalue weighted by Crippen LogP contribution is 2.29. The van der Waals surface area contributed by atoms with Gasteiger partial charge in [-0.3, -0.25) is 9.78 Å². The number of hydrogen-bond acceptors (Lipinski definition) is 4. The molecule has 0 aliphatic carbocycles. The first kappa shape index (κ1) is 16.2. The van der Waals surface area contributed by atoms with Gasteiger partial charge in [-0.25, -0.2) is 0 Å². The second-order valence-electron chi connectivity index (χ2n) is 5.31. The van der Waals surface area contributed by atoms with Crippen LogP contribution >= 0.6 is 11.3 Å². The Labute approximate surface area is 145 Å². The minimum absolute atomic E-state index is 0.0463. The maximum absolute atomic E-state index is 12.5. The Morgan fingerprint density at radius 1 is 1.21 bits per heavy atom. The first-order chi connectivity index (χ1) is 11.8. The number of nitrogens with one attached hydrogen (secondary N) is 1. The molecule has 0 spiro atoms. The number of thiophene rings is 1. The molecule has 0 radical (unpaired) electrons. The van der Waals surface area contributed by atoms with Crippen LogP contribution in [0, 0.1) is 0 Å². The van der Waals surface area contributed by atoms with Crippen molar-refractivity contribution in [1.29, 1.82) is 0 Å². The average Bonchev–Trinajstić information content (AvgIpc) is 3.13. The Hall–Kier alpha value is -2.66. The van der Waals surface area contributed by atoms with Crippen molar-refractivity contribution in [3.8, 4) is 5.75 Å². The molecule has 0 saturated heterocycles. The molecule has 2 aromatic heterocycles. The van der Waals surface area contributed by atoms with Gasteiger partial charge in [0.25, 0.3) is 0 Å². The van der Waals surface area contributed by atoms with Crippen molar-refractivity contribution in [3.05, 3.63) is 82.3 Å². The summed E-state index contributed by atoms with van der Waals surface area (Å²) in [4.78, 5) is 16.9. The zero-order chi connectivity index (χ0) is 16.8. The van der Waals surface area contributed by atoms with Gasteiger partial charge in [-0.2, -0.15) is 11.3 Å². The molecule has 3 aromatic rings. The zero-order valence-corrected chi connectivity index (χ0v) is 14.1. The van der Waals surface area contributed by atoms with E-state index in [0.717, 1.165) is 22.6 Å². The molecule has 0 saturated carbocycles. The van der Waals surface area contributed by atoms with Crippen molar-refractivity contribution < 1.29 is 9.53 Å². The predicted molar refractivity (Wildman–Crippen MR) is 95.2 cm³/mol. The van der Waals surface area contributed by atoms with Crippen molar-refractivity contribution in [1.82, 2.24) is 10.3 Å². The number of rotatable bonds is 6. The SMILES string of the molecule is COc1ccccc1C(NC(=O)Cc1ccsc1)c1ccccn1. The number of amides is 1. The van der Waals surface area contributed by atoms with Crippen LogP contribution < -0.4 is 10.1 Å². The summed E-state index contributed by atoms with van der Waals surface area (Å²) in [6.45, 7) is 0. The molecule has 1 atom stereocenters. The van der Waals surface area contributed by atoms with Crippen LogP contribution in [0.4, 0.5) is 0 Å². The van der Waals surface area contributed by atoms with Gasteiger partial charge < -0.3 is 10.1 Å². The lowest BCUT2D eigenvalue weighted by Crippen LogP contribution is -2.31. The van der Waals surface area contributed by atoms with Crippen LogP contribution in [0.25, 0.3) is 0 Å². The molecule has 1 N–H and O–H groups in total. The van der Waals surface area contributed by atoms with Gasteiger partial charge in [0.2, 0.25) is 5.91 Å². The van der Waals surface area contributed by atoms with Crippen molar-refractivity contribution in [2.24, 2.45) is 0 Å². The first-order valence-corrected chi connectivity index (χ1v) is 8.56. The molecule has 0 aliphatic heterocycles. The quantitative estimate of drug-likeness (QED) is 0.747. The topological polar surface area (TPSA) is 51.2 Å². The molecule has 0 fully saturated rings. The van der Waals surface area contributed by atoms with Crippen LogP contribution in [0.3, 0.4) is 0 Å². The van der Waals surface area contributed by atoms with E-state index >= 15 is 0 Å². The molecule has 0 aliphatic rings. The average molecular weight is 338 g/mol. The van der Waals surface area contributed by atoms with E-state index in [1.807, 2.05) is 59.3 Å². The number of benzene rings is 1. The standard InChI is InChI=1S/C19H18N2O2S/c1-23-17-8-3-2-6-15(17)19(16-7-4-5-10-20-16)21-18(22)12-14-9-11-24-13-14/h2-11,13,19H,12H2,1H3,(H,21,22). The van der Waals surface area contributed by atoms with E-state index in [4.69, 9.17) is 4.74 Å². The highest BCUT2D eigenvalue weighted by molar-refractivity contribution is 7.08. The van der Waals surface area contributed by atoms with E-state index in [9.17, 15) is 4.79 Å². The monoisotopic (exact) mass is 338 g/mol. The molecule has 1 unspecified atom stereocenters. The number of nitrogens with zero attached hydrogens (tertiary/aromatic N) is 1. The molecule has 24 heavy (non-hydrogen) atoms. The van der Waals surface area contributed by atoms with Crippen molar-refractivity contribution in [2.45, 2.75) is 12.5 Å². The van der Waals surface area contributed by atoms with E-state index < -0.39 is 0 Å². The zero-order valence-electron chi connectivity index (χ0n) is 13.3. The number of pyridine rings is 1. The number of ether oxygens (including phenoxy) is 1. The maximum atomic E-state index is 12.5. The third kappa shape index (κ3) is 3.81. The van der Waals surface area contributed by atoms with Crippen LogP contribution in [0.15, 0.2) is 65.5 Å². The summed E-state index contributed by atoms with van der Waals surface area (Å²) in [5.74, 6) is 0.680. The fourth-order valence-electron chi connectivity index (χ4n) is 2.55.